The maximum atomic E-state index is 14.8. The summed E-state index contributed by atoms with van der Waals surface area (Å²) in [6, 6.07) is 12.4. The van der Waals surface area contributed by atoms with Gasteiger partial charge in [-0.05, 0) is 73.8 Å². The molecule has 3 rings (SSSR count). The van der Waals surface area contributed by atoms with Gasteiger partial charge >= 0.3 is 6.16 Å². The second kappa shape index (κ2) is 9.72. The van der Waals surface area contributed by atoms with Crippen molar-refractivity contribution in [3.63, 3.8) is 0 Å². The molecule has 0 spiro atoms. The maximum Gasteiger partial charge on any atom is 0.513 e. The van der Waals surface area contributed by atoms with Crippen LogP contribution in [0.15, 0.2) is 42.5 Å². The van der Waals surface area contributed by atoms with E-state index in [1.807, 2.05) is 6.07 Å². The van der Waals surface area contributed by atoms with E-state index >= 15 is 0 Å². The number of hydrogen-bond acceptors (Lipinski definition) is 3. The van der Waals surface area contributed by atoms with Gasteiger partial charge in [-0.3, -0.25) is 0 Å². The lowest BCUT2D eigenvalue weighted by molar-refractivity contribution is 0.104. The molecule has 0 aliphatic heterocycles. The Morgan fingerprint density at radius 1 is 1.04 bits per heavy atom. The van der Waals surface area contributed by atoms with E-state index in [2.05, 4.69) is 13.0 Å². The summed E-state index contributed by atoms with van der Waals surface area (Å²) < 4.78 is 24.6. The number of halogens is 1. The van der Waals surface area contributed by atoms with Gasteiger partial charge in [-0.25, -0.2) is 9.18 Å². The molecule has 0 amide bonds. The molecular weight excluding hydrogens is 355 g/mol. The first-order valence-corrected chi connectivity index (χ1v) is 10.3. The monoisotopic (exact) mass is 384 g/mol. The third-order valence-electron chi connectivity index (χ3n) is 5.64. The van der Waals surface area contributed by atoms with Crippen molar-refractivity contribution < 1.29 is 18.7 Å². The third kappa shape index (κ3) is 5.12. The molecule has 4 heteroatoms. The number of benzene rings is 2. The largest absolute Gasteiger partial charge is 0.513 e. The summed E-state index contributed by atoms with van der Waals surface area (Å²) in [5.74, 6) is 1.49. The minimum Gasteiger partial charge on any atom is -0.434 e. The van der Waals surface area contributed by atoms with Gasteiger partial charge in [0.25, 0.3) is 0 Å². The first-order chi connectivity index (χ1) is 13.6. The molecule has 0 radical (unpaired) electrons. The number of carbonyl (C=O) groups excluding carboxylic acids is 1. The molecule has 0 unspecified atom stereocenters. The van der Waals surface area contributed by atoms with Crippen LogP contribution in [0.1, 0.15) is 63.9 Å². The minimum absolute atomic E-state index is 0.202. The molecular formula is C24H29FO3. The van der Waals surface area contributed by atoms with Gasteiger partial charge in [0.2, 0.25) is 0 Å². The van der Waals surface area contributed by atoms with Crippen LogP contribution in [-0.4, -0.2) is 12.8 Å². The van der Waals surface area contributed by atoms with E-state index in [9.17, 15) is 9.18 Å². The van der Waals surface area contributed by atoms with E-state index in [0.29, 0.717) is 17.2 Å². The highest BCUT2D eigenvalue weighted by molar-refractivity contribution is 5.67. The van der Waals surface area contributed by atoms with E-state index in [0.717, 1.165) is 29.9 Å². The summed E-state index contributed by atoms with van der Waals surface area (Å²) in [6.07, 6.45) is 6.65. The lowest BCUT2D eigenvalue weighted by Gasteiger charge is -2.28. The molecule has 1 fully saturated rings. The van der Waals surface area contributed by atoms with Gasteiger partial charge in [-0.2, -0.15) is 0 Å². The van der Waals surface area contributed by atoms with Crippen LogP contribution in [0.3, 0.4) is 0 Å². The highest BCUT2D eigenvalue weighted by Gasteiger charge is 2.22. The Bertz CT molecular complexity index is 777. The molecule has 3 nitrogen and oxygen atoms in total. The van der Waals surface area contributed by atoms with Gasteiger partial charge in [0.15, 0.2) is 0 Å². The highest BCUT2D eigenvalue weighted by Crippen LogP contribution is 2.38. The van der Waals surface area contributed by atoms with Crippen LogP contribution in [0.4, 0.5) is 9.18 Å². The molecule has 28 heavy (non-hydrogen) atoms. The lowest BCUT2D eigenvalue weighted by atomic mass is 9.77. The number of ether oxygens (including phenoxy) is 2. The fourth-order valence-electron chi connectivity index (χ4n) is 4.16. The Kier molecular flexibility index (Phi) is 7.07. The van der Waals surface area contributed by atoms with E-state index in [4.69, 9.17) is 9.47 Å². The minimum atomic E-state index is -0.737. The lowest BCUT2D eigenvalue weighted by Crippen LogP contribution is -2.13. The molecule has 0 heterocycles. The van der Waals surface area contributed by atoms with Crippen LogP contribution in [0.2, 0.25) is 0 Å². The van der Waals surface area contributed by atoms with Gasteiger partial charge in [-0.15, -0.1) is 0 Å². The van der Waals surface area contributed by atoms with Crippen molar-refractivity contribution in [2.24, 2.45) is 5.92 Å². The standard InChI is InChI=1S/C24H29FO3/c1-3-5-17-6-8-18(9-7-17)20-12-15-22(23(25)16-20)19-10-13-21(14-11-19)28-24(26)27-4-2/h10-18H,3-9H2,1-2H3. The Labute approximate surface area is 166 Å². The summed E-state index contributed by atoms with van der Waals surface area (Å²) in [7, 11) is 0. The second-order valence-electron chi connectivity index (χ2n) is 7.56. The molecule has 0 bridgehead atoms. The maximum absolute atomic E-state index is 14.8. The first-order valence-electron chi connectivity index (χ1n) is 10.3. The summed E-state index contributed by atoms with van der Waals surface area (Å²) in [5, 5.41) is 0. The zero-order chi connectivity index (χ0) is 19.9. The molecule has 0 N–H and O–H groups in total. The van der Waals surface area contributed by atoms with Gasteiger partial charge < -0.3 is 9.47 Å². The molecule has 0 aromatic heterocycles. The average Bonchev–Trinajstić information content (AvgIpc) is 2.70. The zero-order valence-corrected chi connectivity index (χ0v) is 16.7. The number of carbonyl (C=O) groups is 1. The van der Waals surface area contributed by atoms with E-state index in [-0.39, 0.29) is 12.4 Å². The molecule has 2 aromatic carbocycles. The fraction of sp³-hybridized carbons (Fsp3) is 0.458. The van der Waals surface area contributed by atoms with E-state index in [1.54, 1.807) is 37.3 Å². The van der Waals surface area contributed by atoms with Crippen molar-refractivity contribution in [3.05, 3.63) is 53.8 Å². The predicted octanol–water partition coefficient (Wildman–Crippen LogP) is 7.10. The number of rotatable bonds is 6. The Morgan fingerprint density at radius 3 is 2.36 bits per heavy atom. The quantitative estimate of drug-likeness (QED) is 0.393. The molecule has 0 atom stereocenters. The Balaban J connectivity index is 1.66. The zero-order valence-electron chi connectivity index (χ0n) is 16.7. The predicted molar refractivity (Wildman–Crippen MR) is 109 cm³/mol. The van der Waals surface area contributed by atoms with E-state index in [1.165, 1.54) is 25.7 Å². The van der Waals surface area contributed by atoms with Crippen molar-refractivity contribution in [1.82, 2.24) is 0 Å². The van der Waals surface area contributed by atoms with Crippen molar-refractivity contribution in [2.45, 2.75) is 58.3 Å². The van der Waals surface area contributed by atoms with Crippen molar-refractivity contribution in [3.8, 4) is 16.9 Å². The summed E-state index contributed by atoms with van der Waals surface area (Å²) in [4.78, 5) is 11.4. The van der Waals surface area contributed by atoms with Gasteiger partial charge in [0, 0.05) is 5.56 Å². The topological polar surface area (TPSA) is 35.5 Å². The highest BCUT2D eigenvalue weighted by atomic mass is 19.1. The third-order valence-corrected chi connectivity index (χ3v) is 5.64. The molecule has 2 aromatic rings. The van der Waals surface area contributed by atoms with Gasteiger partial charge in [-0.1, -0.05) is 44.0 Å². The van der Waals surface area contributed by atoms with E-state index < -0.39 is 6.16 Å². The van der Waals surface area contributed by atoms with Crippen LogP contribution >= 0.6 is 0 Å². The second-order valence-corrected chi connectivity index (χ2v) is 7.56. The van der Waals surface area contributed by atoms with Crippen molar-refractivity contribution >= 4 is 6.16 Å². The van der Waals surface area contributed by atoms with Gasteiger partial charge in [0.05, 0.1) is 6.61 Å². The molecule has 0 saturated heterocycles. The van der Waals surface area contributed by atoms with Crippen LogP contribution in [-0.2, 0) is 4.74 Å². The Hall–Kier alpha value is -2.36. The SMILES string of the molecule is CCCC1CCC(c2ccc(-c3ccc(OC(=O)OCC)cc3)c(F)c2)CC1. The Morgan fingerprint density at radius 2 is 1.75 bits per heavy atom. The normalized spacial score (nSPS) is 19.2. The van der Waals surface area contributed by atoms with Crippen molar-refractivity contribution in [2.75, 3.05) is 6.61 Å². The summed E-state index contributed by atoms with van der Waals surface area (Å²) in [6.45, 7) is 4.22. The van der Waals surface area contributed by atoms with Crippen LogP contribution in [0, 0.1) is 11.7 Å². The van der Waals surface area contributed by atoms with Crippen LogP contribution < -0.4 is 4.74 Å². The average molecular weight is 384 g/mol. The molecule has 150 valence electrons. The molecule has 1 aliphatic rings. The smallest absolute Gasteiger partial charge is 0.434 e. The van der Waals surface area contributed by atoms with Crippen LogP contribution in [0.25, 0.3) is 11.1 Å². The fourth-order valence-corrected chi connectivity index (χ4v) is 4.16. The molecule has 1 aliphatic carbocycles. The summed E-state index contributed by atoms with van der Waals surface area (Å²) >= 11 is 0. The van der Waals surface area contributed by atoms with Crippen molar-refractivity contribution in [1.29, 1.82) is 0 Å². The molecule has 1 saturated carbocycles. The first kappa shape index (κ1) is 20.4. The van der Waals surface area contributed by atoms with Gasteiger partial charge in [0.1, 0.15) is 11.6 Å². The van der Waals surface area contributed by atoms with Crippen LogP contribution in [0.5, 0.6) is 5.75 Å². The summed E-state index contributed by atoms with van der Waals surface area (Å²) in [5.41, 5.74) is 2.43. The number of hydrogen-bond donors (Lipinski definition) is 0.